The molecule has 3 aromatic heterocycles. The maximum atomic E-state index is 7.14. The minimum Gasteiger partial charge on any atom is -0.309 e. The predicted octanol–water partition coefficient (Wildman–Crippen LogP) is 6.68. The van der Waals surface area contributed by atoms with Crippen LogP contribution in [0.3, 0.4) is 0 Å². The number of halogens is 1. The molecular formula is C32H39ClN4. The number of fused-ring (bicyclic) bond motifs is 3. The highest BCUT2D eigenvalue weighted by Gasteiger charge is 2.30. The Morgan fingerprint density at radius 2 is 1.70 bits per heavy atom. The van der Waals surface area contributed by atoms with E-state index in [1.807, 2.05) is 6.20 Å². The number of hydrogen-bond acceptors (Lipinski definition) is 4. The van der Waals surface area contributed by atoms with E-state index in [0.29, 0.717) is 17.9 Å². The molecule has 0 amide bonds. The first-order valence-electron chi connectivity index (χ1n) is 14.5. The summed E-state index contributed by atoms with van der Waals surface area (Å²) >= 11 is 7.14. The Balaban J connectivity index is 1.11. The molecule has 0 aromatic carbocycles. The van der Waals surface area contributed by atoms with Crippen molar-refractivity contribution in [1.29, 1.82) is 0 Å². The Morgan fingerprint density at radius 1 is 0.892 bits per heavy atom. The molecule has 3 heterocycles. The zero-order valence-corrected chi connectivity index (χ0v) is 22.8. The lowest BCUT2D eigenvalue weighted by Crippen LogP contribution is -2.26. The molecule has 4 unspecified atom stereocenters. The summed E-state index contributed by atoms with van der Waals surface area (Å²) in [5.74, 6) is 1.06. The molecule has 3 aliphatic rings. The van der Waals surface area contributed by atoms with Crippen molar-refractivity contribution in [2.45, 2.75) is 89.0 Å². The van der Waals surface area contributed by atoms with Crippen LogP contribution in [0.25, 0.3) is 0 Å². The van der Waals surface area contributed by atoms with Gasteiger partial charge >= 0.3 is 0 Å². The first-order valence-corrected chi connectivity index (χ1v) is 14.9. The standard InChI is InChI=1S/C32H39ClN4/c1-2-34-28-7-3-5-24-13-16-26(36-31(24)28)15-12-23-10-11-25-14-17-27(37-32(25)30(23)33)19-21-8-9-22-6-4-18-35-29(22)20-21/h4,6,13-14,16-18,21,23,28,30,34H,2-3,5,7-12,15,19-20H2,1H3. The minimum absolute atomic E-state index is 0.00965. The fourth-order valence-corrected chi connectivity index (χ4v) is 7.25. The highest BCUT2D eigenvalue weighted by atomic mass is 35.5. The van der Waals surface area contributed by atoms with Crippen LogP contribution in [0, 0.1) is 11.8 Å². The van der Waals surface area contributed by atoms with E-state index < -0.39 is 0 Å². The maximum absolute atomic E-state index is 7.14. The van der Waals surface area contributed by atoms with Gasteiger partial charge < -0.3 is 5.32 Å². The molecule has 1 N–H and O–H groups in total. The summed E-state index contributed by atoms with van der Waals surface area (Å²) in [6.07, 6.45) is 14.2. The van der Waals surface area contributed by atoms with E-state index >= 15 is 0 Å². The molecule has 5 heteroatoms. The van der Waals surface area contributed by atoms with Gasteiger partial charge in [0.05, 0.1) is 16.8 Å². The van der Waals surface area contributed by atoms with Crippen molar-refractivity contribution in [3.05, 3.63) is 87.8 Å². The molecule has 4 atom stereocenters. The molecule has 4 nitrogen and oxygen atoms in total. The second-order valence-electron chi connectivity index (χ2n) is 11.4. The first-order chi connectivity index (χ1) is 18.2. The first kappa shape index (κ1) is 25.0. The molecule has 37 heavy (non-hydrogen) atoms. The third-order valence-corrected chi connectivity index (χ3v) is 9.44. The van der Waals surface area contributed by atoms with E-state index in [2.05, 4.69) is 53.6 Å². The fourth-order valence-electron chi connectivity index (χ4n) is 6.81. The van der Waals surface area contributed by atoms with Gasteiger partial charge in [-0.1, -0.05) is 25.1 Å². The van der Waals surface area contributed by atoms with Crippen molar-refractivity contribution >= 4 is 11.6 Å². The number of nitrogens with zero attached hydrogens (tertiary/aromatic N) is 3. The lowest BCUT2D eigenvalue weighted by molar-refractivity contribution is 0.402. The van der Waals surface area contributed by atoms with Crippen LogP contribution in [0.5, 0.6) is 0 Å². The molecule has 0 fully saturated rings. The maximum Gasteiger partial charge on any atom is 0.0788 e. The fraction of sp³-hybridized carbons (Fsp3) is 0.531. The Labute approximate surface area is 226 Å². The van der Waals surface area contributed by atoms with Crippen LogP contribution in [-0.4, -0.2) is 21.5 Å². The number of pyridine rings is 3. The van der Waals surface area contributed by atoms with Crippen molar-refractivity contribution in [3.63, 3.8) is 0 Å². The summed E-state index contributed by atoms with van der Waals surface area (Å²) in [4.78, 5) is 14.9. The normalized spacial score (nSPS) is 24.7. The van der Waals surface area contributed by atoms with Crippen LogP contribution >= 0.6 is 11.6 Å². The highest BCUT2D eigenvalue weighted by molar-refractivity contribution is 6.21. The predicted molar refractivity (Wildman–Crippen MR) is 150 cm³/mol. The molecule has 0 bridgehead atoms. The molecule has 0 saturated heterocycles. The van der Waals surface area contributed by atoms with Crippen LogP contribution in [0.15, 0.2) is 42.6 Å². The minimum atomic E-state index is -0.00965. The number of hydrogen-bond donors (Lipinski definition) is 1. The molecule has 0 spiro atoms. The summed E-state index contributed by atoms with van der Waals surface area (Å²) in [7, 11) is 0. The van der Waals surface area contributed by atoms with Gasteiger partial charge in [-0.15, -0.1) is 11.6 Å². The van der Waals surface area contributed by atoms with Crippen LogP contribution in [0.1, 0.15) is 95.6 Å². The van der Waals surface area contributed by atoms with Gasteiger partial charge in [0.2, 0.25) is 0 Å². The molecule has 3 aliphatic carbocycles. The largest absolute Gasteiger partial charge is 0.309 e. The SMILES string of the molecule is CCNC1CCCc2ccc(CCC3CCc4ccc(CC5CCc6cccnc6C5)nc4C3Cl)nc21. The Kier molecular flexibility index (Phi) is 7.57. The lowest BCUT2D eigenvalue weighted by Gasteiger charge is -2.30. The summed E-state index contributed by atoms with van der Waals surface area (Å²) in [6, 6.07) is 13.8. The summed E-state index contributed by atoms with van der Waals surface area (Å²) in [6.45, 7) is 3.18. The summed E-state index contributed by atoms with van der Waals surface area (Å²) in [5.41, 5.74) is 10.3. The van der Waals surface area contributed by atoms with Gasteiger partial charge in [-0.05, 0) is 124 Å². The van der Waals surface area contributed by atoms with Crippen molar-refractivity contribution < 1.29 is 0 Å². The van der Waals surface area contributed by atoms with Gasteiger partial charge in [0.15, 0.2) is 0 Å². The van der Waals surface area contributed by atoms with Crippen LogP contribution < -0.4 is 5.32 Å². The van der Waals surface area contributed by atoms with E-state index in [4.69, 9.17) is 21.6 Å². The second kappa shape index (κ2) is 11.2. The average Bonchev–Trinajstić information content (AvgIpc) is 2.93. The van der Waals surface area contributed by atoms with Gasteiger partial charge in [0.1, 0.15) is 0 Å². The van der Waals surface area contributed by atoms with Gasteiger partial charge in [0, 0.05) is 29.3 Å². The molecule has 0 saturated carbocycles. The topological polar surface area (TPSA) is 50.7 Å². The Bertz CT molecular complexity index is 1240. The van der Waals surface area contributed by atoms with Crippen LogP contribution in [0.2, 0.25) is 0 Å². The Morgan fingerprint density at radius 3 is 2.59 bits per heavy atom. The molecule has 0 aliphatic heterocycles. The summed E-state index contributed by atoms with van der Waals surface area (Å²) in [5, 5.41) is 3.63. The third-order valence-electron chi connectivity index (χ3n) is 8.88. The van der Waals surface area contributed by atoms with Crippen molar-refractivity contribution in [1.82, 2.24) is 20.3 Å². The quantitative estimate of drug-likeness (QED) is 0.357. The van der Waals surface area contributed by atoms with Crippen LogP contribution in [0.4, 0.5) is 0 Å². The number of aryl methyl sites for hydroxylation is 4. The molecule has 194 valence electrons. The zero-order chi connectivity index (χ0) is 25.2. The summed E-state index contributed by atoms with van der Waals surface area (Å²) < 4.78 is 0. The average molecular weight is 515 g/mol. The van der Waals surface area contributed by atoms with Gasteiger partial charge in [-0.3, -0.25) is 15.0 Å². The number of aromatic nitrogens is 3. The van der Waals surface area contributed by atoms with E-state index in [1.165, 1.54) is 58.7 Å². The van der Waals surface area contributed by atoms with E-state index in [9.17, 15) is 0 Å². The monoisotopic (exact) mass is 514 g/mol. The highest BCUT2D eigenvalue weighted by Crippen LogP contribution is 2.41. The van der Waals surface area contributed by atoms with Gasteiger partial charge in [0.25, 0.3) is 0 Å². The van der Waals surface area contributed by atoms with Gasteiger partial charge in [-0.2, -0.15) is 0 Å². The van der Waals surface area contributed by atoms with Crippen molar-refractivity contribution in [2.75, 3.05) is 6.54 Å². The molecular weight excluding hydrogens is 476 g/mol. The van der Waals surface area contributed by atoms with E-state index in [1.54, 1.807) is 0 Å². The van der Waals surface area contributed by atoms with Crippen molar-refractivity contribution in [2.24, 2.45) is 11.8 Å². The zero-order valence-electron chi connectivity index (χ0n) is 22.1. The number of alkyl halides is 1. The second-order valence-corrected chi connectivity index (χ2v) is 11.8. The van der Waals surface area contributed by atoms with E-state index in [-0.39, 0.29) is 5.38 Å². The van der Waals surface area contributed by atoms with E-state index in [0.717, 1.165) is 63.6 Å². The molecule has 0 radical (unpaired) electrons. The number of nitrogens with one attached hydrogen (secondary N) is 1. The van der Waals surface area contributed by atoms with Crippen molar-refractivity contribution in [3.8, 4) is 0 Å². The lowest BCUT2D eigenvalue weighted by atomic mass is 9.82. The smallest absolute Gasteiger partial charge is 0.0788 e. The van der Waals surface area contributed by atoms with Crippen LogP contribution in [-0.2, 0) is 38.5 Å². The van der Waals surface area contributed by atoms with Gasteiger partial charge in [-0.25, -0.2) is 0 Å². The number of rotatable bonds is 7. The molecule has 6 rings (SSSR count). The third kappa shape index (κ3) is 5.47. The molecule has 3 aromatic rings. The Hall–Kier alpha value is -2.30.